The molecule has 0 aliphatic heterocycles. The van der Waals surface area contributed by atoms with Crippen LogP contribution in [-0.4, -0.2) is 34.8 Å². The highest BCUT2D eigenvalue weighted by atomic mass is 32.1. The summed E-state index contributed by atoms with van der Waals surface area (Å²) in [6.45, 7) is 4.90. The van der Waals surface area contributed by atoms with Crippen molar-refractivity contribution < 1.29 is 14.0 Å². The van der Waals surface area contributed by atoms with E-state index in [1.54, 1.807) is 4.90 Å². The maximum absolute atomic E-state index is 12.4. The maximum atomic E-state index is 12.4. The molecule has 0 aliphatic carbocycles. The van der Waals surface area contributed by atoms with Crippen LogP contribution in [0, 0.1) is 6.92 Å². The molecular weight excluding hydrogens is 374 g/mol. The normalized spacial score (nSPS) is 10.6. The van der Waals surface area contributed by atoms with Gasteiger partial charge in [-0.3, -0.25) is 9.59 Å². The second-order valence-corrected chi connectivity index (χ2v) is 7.26. The number of hydrogen-bond donors (Lipinski definition) is 1. The van der Waals surface area contributed by atoms with Crippen molar-refractivity contribution in [1.29, 1.82) is 0 Å². The lowest BCUT2D eigenvalue weighted by Gasteiger charge is -2.21. The van der Waals surface area contributed by atoms with E-state index in [1.165, 1.54) is 11.3 Å². The Bertz CT molecular complexity index is 933. The third kappa shape index (κ3) is 5.29. The third-order valence-electron chi connectivity index (χ3n) is 4.23. The first-order valence-corrected chi connectivity index (χ1v) is 10.0. The Morgan fingerprint density at radius 3 is 2.64 bits per heavy atom. The van der Waals surface area contributed by atoms with Crippen molar-refractivity contribution >= 4 is 23.2 Å². The number of benzene rings is 1. The number of carbonyl (C=O) groups is 2. The number of aryl methyl sites for hydroxylation is 1. The SMILES string of the molecule is CCN(Cc1ccccc1)C(=O)CNC(=O)Cc1csc(-c2ccc(C)o2)n1. The van der Waals surface area contributed by atoms with Crippen LogP contribution in [-0.2, 0) is 22.6 Å². The van der Waals surface area contributed by atoms with Gasteiger partial charge in [0.1, 0.15) is 5.76 Å². The van der Waals surface area contributed by atoms with Crippen molar-refractivity contribution in [3.63, 3.8) is 0 Å². The second-order valence-electron chi connectivity index (χ2n) is 6.40. The van der Waals surface area contributed by atoms with Gasteiger partial charge in [0.25, 0.3) is 0 Å². The number of aromatic nitrogens is 1. The molecule has 6 nitrogen and oxygen atoms in total. The zero-order valence-corrected chi connectivity index (χ0v) is 16.8. The number of carbonyl (C=O) groups excluding carboxylic acids is 2. The lowest BCUT2D eigenvalue weighted by molar-refractivity contribution is -0.133. The number of likely N-dealkylation sites (N-methyl/N-ethyl adjacent to an activating group) is 1. The fraction of sp³-hybridized carbons (Fsp3) is 0.286. The predicted octanol–water partition coefficient (Wildman–Crippen LogP) is 3.42. The Labute approximate surface area is 168 Å². The third-order valence-corrected chi connectivity index (χ3v) is 5.14. The molecule has 0 saturated carbocycles. The average molecular weight is 398 g/mol. The van der Waals surface area contributed by atoms with E-state index in [-0.39, 0.29) is 24.8 Å². The van der Waals surface area contributed by atoms with Gasteiger partial charge in [0, 0.05) is 18.5 Å². The van der Waals surface area contributed by atoms with Gasteiger partial charge in [-0.05, 0) is 31.5 Å². The van der Waals surface area contributed by atoms with Gasteiger partial charge in [-0.25, -0.2) is 4.98 Å². The van der Waals surface area contributed by atoms with E-state index < -0.39 is 0 Å². The molecule has 28 heavy (non-hydrogen) atoms. The molecule has 3 aromatic rings. The summed E-state index contributed by atoms with van der Waals surface area (Å²) in [7, 11) is 0. The Morgan fingerprint density at radius 2 is 1.96 bits per heavy atom. The van der Waals surface area contributed by atoms with E-state index in [9.17, 15) is 9.59 Å². The summed E-state index contributed by atoms with van der Waals surface area (Å²) in [5, 5.41) is 5.27. The van der Waals surface area contributed by atoms with Crippen LogP contribution in [0.2, 0.25) is 0 Å². The molecule has 0 atom stereocenters. The number of thiazole rings is 1. The van der Waals surface area contributed by atoms with Crippen molar-refractivity contribution in [1.82, 2.24) is 15.2 Å². The predicted molar refractivity (Wildman–Crippen MR) is 109 cm³/mol. The first-order chi connectivity index (χ1) is 13.5. The summed E-state index contributed by atoms with van der Waals surface area (Å²) in [5.41, 5.74) is 1.72. The molecule has 2 aromatic heterocycles. The molecule has 0 aliphatic rings. The first kappa shape index (κ1) is 19.8. The van der Waals surface area contributed by atoms with Crippen molar-refractivity contribution in [2.45, 2.75) is 26.8 Å². The molecule has 2 amide bonds. The van der Waals surface area contributed by atoms with Crippen LogP contribution in [0.5, 0.6) is 0 Å². The average Bonchev–Trinajstić information content (AvgIpc) is 3.34. The lowest BCUT2D eigenvalue weighted by atomic mass is 10.2. The van der Waals surface area contributed by atoms with E-state index in [2.05, 4.69) is 10.3 Å². The molecule has 7 heteroatoms. The monoisotopic (exact) mass is 397 g/mol. The van der Waals surface area contributed by atoms with Gasteiger partial charge < -0.3 is 14.6 Å². The molecule has 0 fully saturated rings. The topological polar surface area (TPSA) is 75.4 Å². The largest absolute Gasteiger partial charge is 0.459 e. The minimum Gasteiger partial charge on any atom is -0.459 e. The number of amides is 2. The first-order valence-electron chi connectivity index (χ1n) is 9.14. The quantitative estimate of drug-likeness (QED) is 0.632. The molecule has 1 aromatic carbocycles. The molecular formula is C21H23N3O3S. The van der Waals surface area contributed by atoms with Gasteiger partial charge in [-0.2, -0.15) is 0 Å². The number of rotatable bonds is 8. The van der Waals surface area contributed by atoms with Gasteiger partial charge >= 0.3 is 0 Å². The summed E-state index contributed by atoms with van der Waals surface area (Å²) < 4.78 is 5.55. The Kier molecular flexibility index (Phi) is 6.60. The standard InChI is InChI=1S/C21H23N3O3S/c1-3-24(13-16-7-5-4-6-8-16)20(26)12-22-19(25)11-17-14-28-21(23-17)18-10-9-15(2)27-18/h4-10,14H,3,11-13H2,1-2H3,(H,22,25). The summed E-state index contributed by atoms with van der Waals surface area (Å²) >= 11 is 1.43. The second kappa shape index (κ2) is 9.32. The van der Waals surface area contributed by atoms with E-state index in [4.69, 9.17) is 4.42 Å². The summed E-state index contributed by atoms with van der Waals surface area (Å²) in [4.78, 5) is 30.8. The molecule has 0 bridgehead atoms. The zero-order valence-electron chi connectivity index (χ0n) is 16.0. The van der Waals surface area contributed by atoms with Gasteiger partial charge in [0.05, 0.1) is 18.7 Å². The Balaban J connectivity index is 1.49. The van der Waals surface area contributed by atoms with Gasteiger partial charge in [0.2, 0.25) is 11.8 Å². The summed E-state index contributed by atoms with van der Waals surface area (Å²) in [6, 6.07) is 13.5. The van der Waals surface area contributed by atoms with Crippen LogP contribution in [0.1, 0.15) is 23.9 Å². The molecule has 2 heterocycles. The number of nitrogens with zero attached hydrogens (tertiary/aromatic N) is 2. The number of nitrogens with one attached hydrogen (secondary N) is 1. The minimum absolute atomic E-state index is 0.0200. The van der Waals surface area contributed by atoms with Crippen LogP contribution in [0.15, 0.2) is 52.3 Å². The van der Waals surface area contributed by atoms with Gasteiger partial charge in [0.15, 0.2) is 10.8 Å². The van der Waals surface area contributed by atoms with Gasteiger partial charge in [-0.15, -0.1) is 11.3 Å². The number of hydrogen-bond acceptors (Lipinski definition) is 5. The molecule has 1 N–H and O–H groups in total. The van der Waals surface area contributed by atoms with Crippen molar-refractivity contribution in [2.75, 3.05) is 13.1 Å². The van der Waals surface area contributed by atoms with Crippen LogP contribution >= 0.6 is 11.3 Å². The Hall–Kier alpha value is -2.93. The van der Waals surface area contributed by atoms with E-state index in [1.807, 2.05) is 61.7 Å². The minimum atomic E-state index is -0.225. The van der Waals surface area contributed by atoms with Crippen molar-refractivity contribution in [2.24, 2.45) is 0 Å². The lowest BCUT2D eigenvalue weighted by Crippen LogP contribution is -2.40. The van der Waals surface area contributed by atoms with E-state index >= 15 is 0 Å². The molecule has 0 spiro atoms. The Morgan fingerprint density at radius 1 is 1.18 bits per heavy atom. The van der Waals surface area contributed by atoms with Crippen LogP contribution in [0.3, 0.4) is 0 Å². The highest BCUT2D eigenvalue weighted by Crippen LogP contribution is 2.25. The summed E-state index contributed by atoms with van der Waals surface area (Å²) in [5.74, 6) is 1.18. The summed E-state index contributed by atoms with van der Waals surface area (Å²) in [6.07, 6.45) is 0.133. The molecule has 146 valence electrons. The fourth-order valence-electron chi connectivity index (χ4n) is 2.74. The molecule has 3 rings (SSSR count). The van der Waals surface area contributed by atoms with E-state index in [0.717, 1.165) is 16.3 Å². The maximum Gasteiger partial charge on any atom is 0.242 e. The number of furan rings is 1. The van der Waals surface area contributed by atoms with Crippen molar-refractivity contribution in [3.05, 3.63) is 64.9 Å². The van der Waals surface area contributed by atoms with E-state index in [0.29, 0.717) is 24.5 Å². The zero-order chi connectivity index (χ0) is 19.9. The van der Waals surface area contributed by atoms with Crippen LogP contribution in [0.4, 0.5) is 0 Å². The van der Waals surface area contributed by atoms with Crippen molar-refractivity contribution in [3.8, 4) is 10.8 Å². The van der Waals surface area contributed by atoms with Crippen LogP contribution < -0.4 is 5.32 Å². The molecule has 0 radical (unpaired) electrons. The highest BCUT2D eigenvalue weighted by molar-refractivity contribution is 7.13. The highest BCUT2D eigenvalue weighted by Gasteiger charge is 2.15. The fourth-order valence-corrected chi connectivity index (χ4v) is 3.52. The molecule has 0 saturated heterocycles. The molecule has 0 unspecified atom stereocenters. The smallest absolute Gasteiger partial charge is 0.242 e. The van der Waals surface area contributed by atoms with Gasteiger partial charge in [-0.1, -0.05) is 30.3 Å². The van der Waals surface area contributed by atoms with Crippen LogP contribution in [0.25, 0.3) is 10.8 Å².